The fourth-order valence-corrected chi connectivity index (χ4v) is 3.92. The van der Waals surface area contributed by atoms with Crippen molar-refractivity contribution >= 4 is 33.4 Å². The summed E-state index contributed by atoms with van der Waals surface area (Å²) in [4.78, 5) is 12.3. The number of thioether (sulfide) groups is 1. The van der Waals surface area contributed by atoms with Crippen LogP contribution in [0.2, 0.25) is 0 Å². The zero-order chi connectivity index (χ0) is 15.7. The van der Waals surface area contributed by atoms with Gasteiger partial charge in [-0.2, -0.15) is 0 Å². The molecule has 0 aromatic heterocycles. The van der Waals surface area contributed by atoms with Gasteiger partial charge >= 0.3 is 0 Å². The van der Waals surface area contributed by atoms with Crippen molar-refractivity contribution in [2.45, 2.75) is 29.4 Å². The number of carbonyl (C=O) groups is 1. The summed E-state index contributed by atoms with van der Waals surface area (Å²) >= 11 is 1.60. The third kappa shape index (κ3) is 3.50. The fourth-order valence-electron chi connectivity index (χ4n) is 2.17. The van der Waals surface area contributed by atoms with Gasteiger partial charge < -0.3 is 10.1 Å². The largest absolute Gasteiger partial charge is 0.495 e. The molecule has 1 aromatic rings. The number of carbonyl (C=O) groups excluding carboxylic acids is 1. The van der Waals surface area contributed by atoms with Gasteiger partial charge in [-0.15, -0.1) is 11.8 Å². The Hall–Kier alpha value is -1.25. The predicted octanol–water partition coefficient (Wildman–Crippen LogP) is 1.57. The molecule has 3 N–H and O–H groups in total. The Morgan fingerprint density at radius 1 is 1.48 bits per heavy atom. The Morgan fingerprint density at radius 3 is 2.71 bits per heavy atom. The molecule has 0 aliphatic carbocycles. The summed E-state index contributed by atoms with van der Waals surface area (Å²) in [6.07, 6.45) is 1.78. The summed E-state index contributed by atoms with van der Waals surface area (Å²) in [5.74, 6) is 1.18. The van der Waals surface area contributed by atoms with Gasteiger partial charge in [0.1, 0.15) is 5.75 Å². The molecule has 1 amide bonds. The number of nitrogens with one attached hydrogen (secondary N) is 1. The number of ether oxygens (including phenoxy) is 1. The SMILES string of the molecule is COc1ccc(S(N)(=O)=O)cc1NC(=O)C1(C)CCCS1. The highest BCUT2D eigenvalue weighted by molar-refractivity contribution is 8.01. The van der Waals surface area contributed by atoms with Crippen molar-refractivity contribution in [2.75, 3.05) is 18.2 Å². The van der Waals surface area contributed by atoms with Crippen molar-refractivity contribution in [3.63, 3.8) is 0 Å². The van der Waals surface area contributed by atoms with E-state index in [1.54, 1.807) is 11.8 Å². The van der Waals surface area contributed by atoms with Gasteiger partial charge in [-0.25, -0.2) is 13.6 Å². The maximum Gasteiger partial charge on any atom is 0.240 e. The van der Waals surface area contributed by atoms with Gasteiger partial charge in [-0.1, -0.05) is 0 Å². The van der Waals surface area contributed by atoms with Crippen molar-refractivity contribution in [1.29, 1.82) is 0 Å². The second-order valence-electron chi connectivity index (χ2n) is 5.04. The number of methoxy groups -OCH3 is 1. The first-order chi connectivity index (χ1) is 9.76. The van der Waals surface area contributed by atoms with Gasteiger partial charge in [0.25, 0.3) is 0 Å². The average Bonchev–Trinajstić information content (AvgIpc) is 2.86. The van der Waals surface area contributed by atoms with E-state index in [2.05, 4.69) is 5.32 Å². The van der Waals surface area contributed by atoms with Gasteiger partial charge in [-0.05, 0) is 43.7 Å². The fraction of sp³-hybridized carbons (Fsp3) is 0.462. The summed E-state index contributed by atoms with van der Waals surface area (Å²) < 4.78 is 27.5. The molecule has 1 saturated heterocycles. The van der Waals surface area contributed by atoms with Crippen LogP contribution in [0.1, 0.15) is 19.8 Å². The maximum atomic E-state index is 12.4. The van der Waals surface area contributed by atoms with Gasteiger partial charge in [0.05, 0.1) is 22.4 Å². The Bertz CT molecular complexity index is 652. The Morgan fingerprint density at radius 2 is 2.19 bits per heavy atom. The van der Waals surface area contributed by atoms with Crippen LogP contribution in [0, 0.1) is 0 Å². The molecular formula is C13H18N2O4S2. The van der Waals surface area contributed by atoms with Crippen molar-refractivity contribution < 1.29 is 17.9 Å². The molecule has 8 heteroatoms. The van der Waals surface area contributed by atoms with Crippen LogP contribution < -0.4 is 15.2 Å². The highest BCUT2D eigenvalue weighted by atomic mass is 32.2. The lowest BCUT2D eigenvalue weighted by Gasteiger charge is -2.22. The van der Waals surface area contributed by atoms with E-state index in [0.717, 1.165) is 18.6 Å². The molecule has 1 aliphatic heterocycles. The Kier molecular flexibility index (Phi) is 4.50. The molecule has 1 atom stereocenters. The van der Waals surface area contributed by atoms with Gasteiger partial charge in [0.15, 0.2) is 0 Å². The highest BCUT2D eigenvalue weighted by Gasteiger charge is 2.37. The van der Waals surface area contributed by atoms with E-state index in [9.17, 15) is 13.2 Å². The van der Waals surface area contributed by atoms with Crippen LogP contribution in [-0.2, 0) is 14.8 Å². The second kappa shape index (κ2) is 5.86. The number of hydrogen-bond donors (Lipinski definition) is 2. The van der Waals surface area contributed by atoms with E-state index >= 15 is 0 Å². The van der Waals surface area contributed by atoms with Gasteiger partial charge in [0, 0.05) is 0 Å². The first-order valence-electron chi connectivity index (χ1n) is 6.42. The molecule has 116 valence electrons. The molecule has 6 nitrogen and oxygen atoms in total. The Balaban J connectivity index is 2.31. The standard InChI is InChI=1S/C13H18N2O4S2/c1-13(6-3-7-20-13)12(16)15-10-8-9(21(14,17)18)4-5-11(10)19-2/h4-5,8H,3,6-7H2,1-2H3,(H,15,16)(H2,14,17,18). The molecule has 21 heavy (non-hydrogen) atoms. The maximum absolute atomic E-state index is 12.4. The van der Waals surface area contributed by atoms with Crippen LogP contribution >= 0.6 is 11.8 Å². The molecular weight excluding hydrogens is 312 g/mol. The van der Waals surface area contributed by atoms with Crippen LogP contribution in [0.3, 0.4) is 0 Å². The van der Waals surface area contributed by atoms with E-state index in [4.69, 9.17) is 9.88 Å². The number of benzene rings is 1. The first kappa shape index (κ1) is 16.1. The van der Waals surface area contributed by atoms with Crippen molar-refractivity contribution in [1.82, 2.24) is 0 Å². The molecule has 1 fully saturated rings. The summed E-state index contributed by atoms with van der Waals surface area (Å²) in [7, 11) is -2.38. The predicted molar refractivity (Wildman–Crippen MR) is 83.1 cm³/mol. The molecule has 2 rings (SSSR count). The van der Waals surface area contributed by atoms with Crippen molar-refractivity contribution in [3.8, 4) is 5.75 Å². The smallest absolute Gasteiger partial charge is 0.240 e. The van der Waals surface area contributed by atoms with Crippen LogP contribution in [0.5, 0.6) is 5.75 Å². The van der Waals surface area contributed by atoms with Crippen LogP contribution in [0.15, 0.2) is 23.1 Å². The Labute approximate surface area is 128 Å². The van der Waals surface area contributed by atoms with E-state index in [-0.39, 0.29) is 10.8 Å². The third-order valence-electron chi connectivity index (χ3n) is 3.45. The lowest BCUT2D eigenvalue weighted by atomic mass is 10.0. The number of sulfonamides is 1. The zero-order valence-electron chi connectivity index (χ0n) is 11.9. The second-order valence-corrected chi connectivity index (χ2v) is 8.20. The van der Waals surface area contributed by atoms with E-state index in [0.29, 0.717) is 11.4 Å². The highest BCUT2D eigenvalue weighted by Crippen LogP contribution is 2.39. The summed E-state index contributed by atoms with van der Waals surface area (Å²) in [6.45, 7) is 1.88. The lowest BCUT2D eigenvalue weighted by Crippen LogP contribution is -2.34. The third-order valence-corrected chi connectivity index (χ3v) is 5.88. The van der Waals surface area contributed by atoms with Gasteiger partial charge in [0.2, 0.25) is 15.9 Å². The summed E-state index contributed by atoms with van der Waals surface area (Å²) in [6, 6.07) is 4.13. The van der Waals surface area contributed by atoms with Gasteiger partial charge in [-0.3, -0.25) is 4.79 Å². The number of amides is 1. The van der Waals surface area contributed by atoms with Crippen LogP contribution in [-0.4, -0.2) is 31.9 Å². The van der Waals surface area contributed by atoms with Crippen molar-refractivity contribution in [2.24, 2.45) is 5.14 Å². The first-order valence-corrected chi connectivity index (χ1v) is 8.96. The molecule has 0 spiro atoms. The normalized spacial score (nSPS) is 22.0. The molecule has 1 heterocycles. The van der Waals surface area contributed by atoms with E-state index in [1.807, 2.05) is 6.92 Å². The molecule has 1 aliphatic rings. The quantitative estimate of drug-likeness (QED) is 0.873. The molecule has 0 bridgehead atoms. The van der Waals surface area contributed by atoms with Crippen molar-refractivity contribution in [3.05, 3.63) is 18.2 Å². The topological polar surface area (TPSA) is 98.5 Å². The zero-order valence-corrected chi connectivity index (χ0v) is 13.5. The number of hydrogen-bond acceptors (Lipinski definition) is 5. The number of rotatable bonds is 4. The minimum absolute atomic E-state index is 0.0668. The molecule has 1 unspecified atom stereocenters. The number of nitrogens with two attached hydrogens (primary N) is 1. The van der Waals surface area contributed by atoms with Crippen LogP contribution in [0.4, 0.5) is 5.69 Å². The minimum Gasteiger partial charge on any atom is -0.495 e. The minimum atomic E-state index is -3.83. The van der Waals surface area contributed by atoms with E-state index < -0.39 is 14.8 Å². The lowest BCUT2D eigenvalue weighted by molar-refractivity contribution is -0.118. The molecule has 0 saturated carbocycles. The molecule has 1 aromatic carbocycles. The van der Waals surface area contributed by atoms with Crippen LogP contribution in [0.25, 0.3) is 0 Å². The molecule has 0 radical (unpaired) electrons. The summed E-state index contributed by atoms with van der Waals surface area (Å²) in [5, 5.41) is 7.86. The monoisotopic (exact) mass is 330 g/mol. The summed E-state index contributed by atoms with van der Waals surface area (Å²) in [5.41, 5.74) is 0.308. The number of anilines is 1. The average molecular weight is 330 g/mol. The van der Waals surface area contributed by atoms with E-state index in [1.165, 1.54) is 25.3 Å². The number of primary sulfonamides is 1.